The number of aliphatic hydroxyl groups is 1. The highest BCUT2D eigenvalue weighted by atomic mass is 32.2. The van der Waals surface area contributed by atoms with Gasteiger partial charge in [-0.15, -0.1) is 0 Å². The molecule has 0 saturated carbocycles. The molecular formula is C13H16N2O3S. The molecular weight excluding hydrogens is 264 g/mol. The molecule has 3 N–H and O–H groups in total. The van der Waals surface area contributed by atoms with E-state index >= 15 is 0 Å². The molecule has 5 nitrogen and oxygen atoms in total. The van der Waals surface area contributed by atoms with Crippen LogP contribution in [0.1, 0.15) is 20.7 Å². The van der Waals surface area contributed by atoms with Gasteiger partial charge in [0, 0.05) is 18.1 Å². The van der Waals surface area contributed by atoms with Gasteiger partial charge in [-0.05, 0) is 12.1 Å². The van der Waals surface area contributed by atoms with Crippen molar-refractivity contribution in [2.75, 3.05) is 24.6 Å². The Kier molecular flexibility index (Phi) is 4.57. The Balaban J connectivity index is 2.00. The largest absolute Gasteiger partial charge is 0.390 e. The monoisotopic (exact) mass is 280 g/mol. The molecule has 0 radical (unpaired) electrons. The molecule has 1 aromatic carbocycles. The fourth-order valence-electron chi connectivity index (χ4n) is 1.97. The summed E-state index contributed by atoms with van der Waals surface area (Å²) in [5.74, 6) is 0.552. The number of aliphatic hydroxyl groups excluding tert-OH is 1. The summed E-state index contributed by atoms with van der Waals surface area (Å²) < 4.78 is 0. The first-order chi connectivity index (χ1) is 9.15. The fourth-order valence-corrected chi connectivity index (χ4v) is 2.68. The smallest absolute Gasteiger partial charge is 0.261 e. The van der Waals surface area contributed by atoms with Crippen molar-refractivity contribution in [1.29, 1.82) is 0 Å². The van der Waals surface area contributed by atoms with Gasteiger partial charge in [-0.25, -0.2) is 0 Å². The zero-order valence-electron chi connectivity index (χ0n) is 10.4. The van der Waals surface area contributed by atoms with Crippen LogP contribution in [0, 0.1) is 0 Å². The molecule has 0 spiro atoms. The minimum atomic E-state index is -0.723. The van der Waals surface area contributed by atoms with Gasteiger partial charge >= 0.3 is 0 Å². The first-order valence-electron chi connectivity index (χ1n) is 6.06. The van der Waals surface area contributed by atoms with E-state index < -0.39 is 6.10 Å². The first-order valence-corrected chi connectivity index (χ1v) is 7.21. The molecule has 0 aliphatic carbocycles. The summed E-state index contributed by atoms with van der Waals surface area (Å²) in [5, 5.41) is 9.84. The molecule has 2 amide bonds. The number of fused-ring (bicyclic) bond motifs is 1. The number of carbonyl (C=O) groups is 2. The fraction of sp³-hybridized carbons (Fsp3) is 0.385. The summed E-state index contributed by atoms with van der Waals surface area (Å²) in [6, 6.07) is 6.71. The van der Waals surface area contributed by atoms with Crippen LogP contribution in [-0.4, -0.2) is 52.5 Å². The van der Waals surface area contributed by atoms with E-state index in [1.165, 1.54) is 11.8 Å². The molecule has 0 fully saturated rings. The van der Waals surface area contributed by atoms with E-state index in [2.05, 4.69) is 0 Å². The molecule has 2 rings (SSSR count). The minimum absolute atomic E-state index is 0.0317. The van der Waals surface area contributed by atoms with Crippen LogP contribution in [0.5, 0.6) is 0 Å². The number of rotatable bonds is 6. The number of benzene rings is 1. The molecule has 1 aliphatic heterocycles. The van der Waals surface area contributed by atoms with Gasteiger partial charge < -0.3 is 10.8 Å². The van der Waals surface area contributed by atoms with Gasteiger partial charge in [0.05, 0.1) is 23.8 Å². The van der Waals surface area contributed by atoms with E-state index in [1.807, 2.05) is 0 Å². The van der Waals surface area contributed by atoms with Crippen LogP contribution in [-0.2, 0) is 0 Å². The van der Waals surface area contributed by atoms with Crippen molar-refractivity contribution in [2.24, 2.45) is 5.73 Å². The molecule has 0 bridgehead atoms. The first kappa shape index (κ1) is 14.0. The van der Waals surface area contributed by atoms with Crippen molar-refractivity contribution in [3.8, 4) is 0 Å². The van der Waals surface area contributed by atoms with Gasteiger partial charge in [-0.3, -0.25) is 14.5 Å². The van der Waals surface area contributed by atoms with Gasteiger partial charge in [-0.2, -0.15) is 11.8 Å². The van der Waals surface area contributed by atoms with Crippen LogP contribution in [0.15, 0.2) is 24.3 Å². The molecule has 19 heavy (non-hydrogen) atoms. The van der Waals surface area contributed by atoms with Crippen molar-refractivity contribution < 1.29 is 14.7 Å². The zero-order chi connectivity index (χ0) is 13.8. The maximum Gasteiger partial charge on any atom is 0.261 e. The topological polar surface area (TPSA) is 83.6 Å². The normalized spacial score (nSPS) is 15.8. The van der Waals surface area contributed by atoms with E-state index in [-0.39, 0.29) is 18.4 Å². The van der Waals surface area contributed by atoms with Crippen molar-refractivity contribution in [3.63, 3.8) is 0 Å². The Morgan fingerprint density at radius 2 is 1.79 bits per heavy atom. The molecule has 1 aromatic rings. The van der Waals surface area contributed by atoms with E-state index in [0.717, 1.165) is 10.7 Å². The average molecular weight is 280 g/mol. The lowest BCUT2D eigenvalue weighted by Gasteiger charge is -2.18. The summed E-state index contributed by atoms with van der Waals surface area (Å²) in [6.45, 7) is 0.578. The van der Waals surface area contributed by atoms with Gasteiger partial charge in [0.15, 0.2) is 0 Å². The summed E-state index contributed by atoms with van der Waals surface area (Å²) in [6.07, 6.45) is -0.723. The van der Waals surface area contributed by atoms with Crippen molar-refractivity contribution in [2.45, 2.75) is 6.10 Å². The molecule has 0 saturated heterocycles. The second-order valence-corrected chi connectivity index (χ2v) is 5.43. The number of nitrogens with zero attached hydrogens (tertiary/aromatic N) is 1. The number of β-amino-alcohol motifs (C(OH)–C–C–N with tert-alkyl or cyclic N) is 1. The minimum Gasteiger partial charge on any atom is -0.390 e. The SMILES string of the molecule is NCCSCC(O)CN1C(=O)c2ccccc2C1=O. The zero-order valence-corrected chi connectivity index (χ0v) is 11.2. The quantitative estimate of drug-likeness (QED) is 0.580. The summed E-state index contributed by atoms with van der Waals surface area (Å²) in [7, 11) is 0. The number of hydrogen-bond acceptors (Lipinski definition) is 5. The Hall–Kier alpha value is -1.37. The summed E-state index contributed by atoms with van der Waals surface area (Å²) in [4.78, 5) is 25.2. The molecule has 6 heteroatoms. The molecule has 0 aromatic heterocycles. The van der Waals surface area contributed by atoms with Crippen LogP contribution in [0.3, 0.4) is 0 Å². The highest BCUT2D eigenvalue weighted by Crippen LogP contribution is 2.22. The third kappa shape index (κ3) is 2.97. The molecule has 102 valence electrons. The lowest BCUT2D eigenvalue weighted by molar-refractivity contribution is 0.0567. The van der Waals surface area contributed by atoms with E-state index in [4.69, 9.17) is 5.73 Å². The third-order valence-electron chi connectivity index (χ3n) is 2.84. The maximum absolute atomic E-state index is 12.0. The van der Waals surface area contributed by atoms with Crippen LogP contribution in [0.4, 0.5) is 0 Å². The maximum atomic E-state index is 12.0. The highest BCUT2D eigenvalue weighted by molar-refractivity contribution is 7.99. The standard InChI is InChI=1S/C13H16N2O3S/c14-5-6-19-8-9(16)7-15-12(17)10-3-1-2-4-11(10)13(15)18/h1-4,9,16H,5-8,14H2. The second-order valence-electron chi connectivity index (χ2n) is 4.28. The molecule has 1 unspecified atom stereocenters. The predicted molar refractivity (Wildman–Crippen MR) is 74.2 cm³/mol. The Bertz CT molecular complexity index is 458. The number of amides is 2. The van der Waals surface area contributed by atoms with Gasteiger partial charge in [-0.1, -0.05) is 12.1 Å². The Morgan fingerprint density at radius 3 is 2.32 bits per heavy atom. The van der Waals surface area contributed by atoms with Gasteiger partial charge in [0.2, 0.25) is 0 Å². The second kappa shape index (κ2) is 6.18. The van der Waals surface area contributed by atoms with E-state index in [1.54, 1.807) is 24.3 Å². The van der Waals surface area contributed by atoms with Crippen molar-refractivity contribution in [3.05, 3.63) is 35.4 Å². The lowest BCUT2D eigenvalue weighted by atomic mass is 10.1. The predicted octanol–water partition coefficient (Wildman–Crippen LogP) is 0.335. The Morgan fingerprint density at radius 1 is 1.21 bits per heavy atom. The number of hydrogen-bond donors (Lipinski definition) is 2. The van der Waals surface area contributed by atoms with Crippen LogP contribution in [0.25, 0.3) is 0 Å². The highest BCUT2D eigenvalue weighted by Gasteiger charge is 2.35. The lowest BCUT2D eigenvalue weighted by Crippen LogP contribution is -2.37. The van der Waals surface area contributed by atoms with E-state index in [0.29, 0.717) is 23.4 Å². The van der Waals surface area contributed by atoms with Crippen molar-refractivity contribution in [1.82, 2.24) is 4.90 Å². The number of carbonyl (C=O) groups excluding carboxylic acids is 2. The molecule has 1 heterocycles. The van der Waals surface area contributed by atoms with Crippen LogP contribution >= 0.6 is 11.8 Å². The number of nitrogens with two attached hydrogens (primary N) is 1. The Labute approximate surface area is 115 Å². The van der Waals surface area contributed by atoms with Crippen molar-refractivity contribution >= 4 is 23.6 Å². The third-order valence-corrected chi connectivity index (χ3v) is 3.99. The average Bonchev–Trinajstić information content (AvgIpc) is 2.65. The van der Waals surface area contributed by atoms with Gasteiger partial charge in [0.25, 0.3) is 11.8 Å². The van der Waals surface area contributed by atoms with Crippen LogP contribution in [0.2, 0.25) is 0 Å². The van der Waals surface area contributed by atoms with Gasteiger partial charge in [0.1, 0.15) is 0 Å². The summed E-state index contributed by atoms with van der Waals surface area (Å²) in [5.41, 5.74) is 6.18. The summed E-state index contributed by atoms with van der Waals surface area (Å²) >= 11 is 1.51. The molecule has 1 atom stereocenters. The number of thioether (sulfide) groups is 1. The number of imide groups is 1. The van der Waals surface area contributed by atoms with E-state index in [9.17, 15) is 14.7 Å². The molecule has 1 aliphatic rings. The van der Waals surface area contributed by atoms with Crippen LogP contribution < -0.4 is 5.73 Å².